The van der Waals surface area contributed by atoms with Crippen LogP contribution >= 0.6 is 0 Å². The van der Waals surface area contributed by atoms with Crippen LogP contribution in [0.3, 0.4) is 0 Å². The van der Waals surface area contributed by atoms with Crippen molar-refractivity contribution < 1.29 is 27.4 Å². The molecule has 0 aliphatic carbocycles. The Bertz CT molecular complexity index is 1340. The van der Waals surface area contributed by atoms with Crippen molar-refractivity contribution in [2.45, 2.75) is 6.18 Å². The first-order valence-corrected chi connectivity index (χ1v) is 10.8. The number of carbonyl (C=O) groups excluding carboxylic acids is 1. The zero-order chi connectivity index (χ0) is 25.9. The first-order valence-electron chi connectivity index (χ1n) is 10.8. The third kappa shape index (κ3) is 5.33. The number of anilines is 1. The monoisotopic (exact) mass is 496 g/mol. The lowest BCUT2D eigenvalue weighted by Gasteiger charge is -2.11. The fourth-order valence-corrected chi connectivity index (χ4v) is 3.62. The minimum Gasteiger partial charge on any atom is -0.497 e. The number of nitrogens with one attached hydrogen (secondary N) is 1. The highest BCUT2D eigenvalue weighted by molar-refractivity contribution is 5.92. The van der Waals surface area contributed by atoms with Crippen molar-refractivity contribution in [3.05, 3.63) is 78.6 Å². The zero-order valence-corrected chi connectivity index (χ0v) is 19.5. The quantitative estimate of drug-likeness (QED) is 0.370. The maximum atomic E-state index is 13.5. The smallest absolute Gasteiger partial charge is 0.434 e. The van der Waals surface area contributed by atoms with Crippen LogP contribution in [0.25, 0.3) is 28.2 Å². The molecule has 0 saturated carbocycles. The number of hydrogen-bond donors (Lipinski definition) is 2. The second-order valence-corrected chi connectivity index (χ2v) is 7.80. The molecule has 0 saturated heterocycles. The van der Waals surface area contributed by atoms with Crippen molar-refractivity contribution in [1.29, 1.82) is 0 Å². The molecule has 0 aliphatic rings. The number of methoxy groups -OCH3 is 2. The maximum absolute atomic E-state index is 13.5. The van der Waals surface area contributed by atoms with Crippen LogP contribution in [0.5, 0.6) is 11.5 Å². The Morgan fingerprint density at radius 3 is 2.03 bits per heavy atom. The molecule has 4 rings (SSSR count). The molecule has 4 aromatic rings. The summed E-state index contributed by atoms with van der Waals surface area (Å²) in [6, 6.07) is 18.8. The highest BCUT2D eigenvalue weighted by Gasteiger charge is 2.35. The van der Waals surface area contributed by atoms with Crippen LogP contribution in [-0.4, -0.2) is 36.2 Å². The molecule has 1 amide bonds. The lowest BCUT2D eigenvalue weighted by molar-refractivity contribution is -0.140. The van der Waals surface area contributed by atoms with Gasteiger partial charge in [0, 0.05) is 29.2 Å². The molecule has 186 valence electrons. The van der Waals surface area contributed by atoms with E-state index >= 15 is 0 Å². The average molecular weight is 496 g/mol. The van der Waals surface area contributed by atoms with Gasteiger partial charge in [-0.25, -0.2) is 4.98 Å². The minimum absolute atomic E-state index is 0.121. The van der Waals surface area contributed by atoms with Crippen LogP contribution < -0.4 is 20.5 Å². The molecular weight excluding hydrogens is 473 g/mol. The predicted molar refractivity (Wildman–Crippen MR) is 130 cm³/mol. The Hall–Kier alpha value is -4.31. The highest BCUT2D eigenvalue weighted by atomic mass is 19.4. The van der Waals surface area contributed by atoms with E-state index in [1.54, 1.807) is 68.8 Å². The number of halogens is 3. The second-order valence-electron chi connectivity index (χ2n) is 7.80. The number of nitrogens with zero attached hydrogens (tertiary/aromatic N) is 2. The van der Waals surface area contributed by atoms with Crippen LogP contribution in [-0.2, 0) is 11.0 Å². The van der Waals surface area contributed by atoms with Crippen LogP contribution in [0.15, 0.2) is 72.9 Å². The third-order valence-corrected chi connectivity index (χ3v) is 5.44. The van der Waals surface area contributed by atoms with Gasteiger partial charge in [-0.05, 0) is 47.5 Å². The Morgan fingerprint density at radius 1 is 0.917 bits per heavy atom. The standard InChI is InChI=1S/C26H23F3N4O3/c1-35-21-11-18(12-22(13-21)36-2)16-3-5-17(6-4-16)25-32-23(26(27,28)29)15-33(25)20-9-7-19(8-10-20)31-24(34)14-30/h3-13,15H,14,30H2,1-2H3,(H,31,34). The van der Waals surface area contributed by atoms with E-state index < -0.39 is 11.9 Å². The first kappa shape index (κ1) is 24.8. The van der Waals surface area contributed by atoms with E-state index in [4.69, 9.17) is 15.2 Å². The summed E-state index contributed by atoms with van der Waals surface area (Å²) in [6.07, 6.45) is -3.67. The molecule has 36 heavy (non-hydrogen) atoms. The number of amides is 1. The summed E-state index contributed by atoms with van der Waals surface area (Å²) in [5.74, 6) is 0.977. The molecule has 1 aromatic heterocycles. The van der Waals surface area contributed by atoms with Crippen LogP contribution in [0.2, 0.25) is 0 Å². The summed E-state index contributed by atoms with van der Waals surface area (Å²) in [6.45, 7) is -0.180. The van der Waals surface area contributed by atoms with Crippen molar-refractivity contribution in [2.24, 2.45) is 5.73 Å². The van der Waals surface area contributed by atoms with Gasteiger partial charge in [0.1, 0.15) is 17.3 Å². The predicted octanol–water partition coefficient (Wildman–Crippen LogP) is 5.14. The van der Waals surface area contributed by atoms with E-state index in [9.17, 15) is 18.0 Å². The van der Waals surface area contributed by atoms with E-state index in [2.05, 4.69) is 10.3 Å². The molecule has 0 aliphatic heterocycles. The van der Waals surface area contributed by atoms with Gasteiger partial charge in [0.2, 0.25) is 5.91 Å². The van der Waals surface area contributed by atoms with Gasteiger partial charge in [-0.2, -0.15) is 13.2 Å². The Balaban J connectivity index is 1.72. The van der Waals surface area contributed by atoms with Crippen LogP contribution in [0.4, 0.5) is 18.9 Å². The SMILES string of the molecule is COc1cc(OC)cc(-c2ccc(-c3nc(C(F)(F)F)cn3-c3ccc(NC(=O)CN)cc3)cc2)c1. The summed E-state index contributed by atoms with van der Waals surface area (Å²) in [7, 11) is 3.11. The summed E-state index contributed by atoms with van der Waals surface area (Å²) in [5.41, 5.74) is 7.35. The average Bonchev–Trinajstić information content (AvgIpc) is 3.35. The van der Waals surface area contributed by atoms with Gasteiger partial charge in [0.15, 0.2) is 5.69 Å². The summed E-state index contributed by atoms with van der Waals surface area (Å²) < 4.78 is 52.6. The number of alkyl halides is 3. The molecule has 10 heteroatoms. The van der Waals surface area contributed by atoms with Crippen molar-refractivity contribution in [3.63, 3.8) is 0 Å². The Labute approximate surface area is 205 Å². The number of aromatic nitrogens is 2. The lowest BCUT2D eigenvalue weighted by atomic mass is 10.0. The number of carbonyl (C=O) groups is 1. The molecule has 0 atom stereocenters. The zero-order valence-electron chi connectivity index (χ0n) is 19.5. The van der Waals surface area contributed by atoms with E-state index in [0.29, 0.717) is 28.4 Å². The second kappa shape index (κ2) is 10.1. The van der Waals surface area contributed by atoms with Gasteiger partial charge in [0.25, 0.3) is 0 Å². The minimum atomic E-state index is -4.62. The van der Waals surface area contributed by atoms with Crippen molar-refractivity contribution in [2.75, 3.05) is 26.1 Å². The molecule has 3 aromatic carbocycles. The number of rotatable bonds is 7. The summed E-state index contributed by atoms with van der Waals surface area (Å²) in [4.78, 5) is 15.4. The molecule has 7 nitrogen and oxygen atoms in total. The van der Waals surface area contributed by atoms with Gasteiger partial charge < -0.3 is 20.5 Å². The summed E-state index contributed by atoms with van der Waals surface area (Å²) >= 11 is 0. The van der Waals surface area contributed by atoms with E-state index in [-0.39, 0.29) is 18.3 Å². The normalized spacial score (nSPS) is 11.3. The maximum Gasteiger partial charge on any atom is 0.434 e. The fraction of sp³-hybridized carbons (Fsp3) is 0.154. The molecule has 0 bridgehead atoms. The number of ether oxygens (including phenoxy) is 2. The van der Waals surface area contributed by atoms with E-state index in [1.807, 2.05) is 12.1 Å². The highest BCUT2D eigenvalue weighted by Crippen LogP contribution is 2.34. The van der Waals surface area contributed by atoms with Crippen molar-refractivity contribution in [1.82, 2.24) is 9.55 Å². The van der Waals surface area contributed by atoms with Crippen molar-refractivity contribution >= 4 is 11.6 Å². The van der Waals surface area contributed by atoms with E-state index in [0.717, 1.165) is 17.3 Å². The van der Waals surface area contributed by atoms with Gasteiger partial charge in [-0.15, -0.1) is 0 Å². The molecule has 0 fully saturated rings. The van der Waals surface area contributed by atoms with E-state index in [1.165, 1.54) is 4.57 Å². The van der Waals surface area contributed by atoms with Gasteiger partial charge in [-0.3, -0.25) is 9.36 Å². The van der Waals surface area contributed by atoms with Gasteiger partial charge >= 0.3 is 6.18 Å². The lowest BCUT2D eigenvalue weighted by Crippen LogP contribution is -2.21. The molecule has 0 spiro atoms. The Morgan fingerprint density at radius 2 is 1.50 bits per heavy atom. The molecule has 3 N–H and O–H groups in total. The fourth-order valence-electron chi connectivity index (χ4n) is 3.62. The molecule has 0 unspecified atom stereocenters. The van der Waals surface area contributed by atoms with Gasteiger partial charge in [-0.1, -0.05) is 24.3 Å². The number of nitrogens with two attached hydrogens (primary N) is 1. The number of benzene rings is 3. The van der Waals surface area contributed by atoms with Crippen LogP contribution in [0.1, 0.15) is 5.69 Å². The number of hydrogen-bond acceptors (Lipinski definition) is 5. The van der Waals surface area contributed by atoms with Gasteiger partial charge in [0.05, 0.1) is 20.8 Å². The topological polar surface area (TPSA) is 91.4 Å². The molecule has 1 heterocycles. The van der Waals surface area contributed by atoms with Crippen molar-refractivity contribution in [3.8, 4) is 39.7 Å². The third-order valence-electron chi connectivity index (χ3n) is 5.44. The number of imidazole rings is 1. The summed E-state index contributed by atoms with van der Waals surface area (Å²) in [5, 5.41) is 2.60. The molecule has 0 radical (unpaired) electrons. The first-order chi connectivity index (χ1) is 17.2. The Kier molecular flexibility index (Phi) is 6.98. The largest absolute Gasteiger partial charge is 0.497 e. The molecular formula is C26H23F3N4O3. The van der Waals surface area contributed by atoms with Crippen LogP contribution in [0, 0.1) is 0 Å².